The molecule has 24 heavy (non-hydrogen) atoms. The third-order valence-corrected chi connectivity index (χ3v) is 6.16. The van der Waals surface area contributed by atoms with Gasteiger partial charge in [0, 0.05) is 6.54 Å². The molecule has 0 aromatic heterocycles. The fraction of sp³-hybridized carbons (Fsp3) is 0.125. The van der Waals surface area contributed by atoms with Crippen molar-refractivity contribution < 1.29 is 16.8 Å². The summed E-state index contributed by atoms with van der Waals surface area (Å²) in [6, 6.07) is 13.4. The first-order valence-corrected chi connectivity index (χ1v) is 10.2. The molecule has 1 heterocycles. The van der Waals surface area contributed by atoms with E-state index in [2.05, 4.69) is 0 Å². The summed E-state index contributed by atoms with van der Waals surface area (Å²) in [5.74, 6) is 0. The molecule has 0 saturated heterocycles. The van der Waals surface area contributed by atoms with Gasteiger partial charge in [0.05, 0.1) is 16.0 Å². The van der Waals surface area contributed by atoms with E-state index >= 15 is 0 Å². The van der Waals surface area contributed by atoms with Gasteiger partial charge in [-0.25, -0.2) is 22.0 Å². The number of hydrogen-bond donors (Lipinski definition) is 1. The van der Waals surface area contributed by atoms with Gasteiger partial charge in [0.1, 0.15) is 0 Å². The number of benzene rings is 2. The normalized spacial score (nSPS) is 15.0. The van der Waals surface area contributed by atoms with Gasteiger partial charge in [-0.15, -0.1) is 0 Å². The minimum atomic E-state index is -3.81. The molecule has 0 radical (unpaired) electrons. The van der Waals surface area contributed by atoms with Gasteiger partial charge >= 0.3 is 0 Å². The van der Waals surface area contributed by atoms with Crippen molar-refractivity contribution >= 4 is 31.8 Å². The maximum Gasteiger partial charge on any atom is 0.257 e. The van der Waals surface area contributed by atoms with Crippen molar-refractivity contribution in [2.45, 2.75) is 11.3 Å². The van der Waals surface area contributed by atoms with Crippen LogP contribution in [-0.2, 0) is 26.5 Å². The van der Waals surface area contributed by atoms with E-state index in [0.717, 1.165) is 11.0 Å². The van der Waals surface area contributed by atoms with Crippen LogP contribution in [0.2, 0.25) is 0 Å². The number of anilines is 1. The van der Waals surface area contributed by atoms with E-state index in [1.54, 1.807) is 0 Å². The molecule has 0 spiro atoms. The SMILES string of the molecule is NS(=O)(=O)c1ccc2c(c1)CCN2S(=O)(=O)/C=C/c1ccccc1. The molecule has 2 N–H and O–H groups in total. The number of rotatable bonds is 4. The molecule has 6 nitrogen and oxygen atoms in total. The summed E-state index contributed by atoms with van der Waals surface area (Å²) in [6.07, 6.45) is 1.98. The highest BCUT2D eigenvalue weighted by atomic mass is 32.2. The zero-order valence-electron chi connectivity index (χ0n) is 12.7. The van der Waals surface area contributed by atoms with E-state index in [-0.39, 0.29) is 11.4 Å². The van der Waals surface area contributed by atoms with Gasteiger partial charge in [-0.2, -0.15) is 0 Å². The van der Waals surface area contributed by atoms with Crippen LogP contribution >= 0.6 is 0 Å². The molecule has 3 rings (SSSR count). The molecule has 126 valence electrons. The van der Waals surface area contributed by atoms with Crippen LogP contribution in [0.1, 0.15) is 11.1 Å². The molecule has 0 bridgehead atoms. The second-order valence-corrected chi connectivity index (χ2v) is 8.72. The van der Waals surface area contributed by atoms with Gasteiger partial charge < -0.3 is 0 Å². The summed E-state index contributed by atoms with van der Waals surface area (Å²) >= 11 is 0. The van der Waals surface area contributed by atoms with Crippen molar-refractivity contribution in [2.24, 2.45) is 5.14 Å². The van der Waals surface area contributed by atoms with Crippen LogP contribution in [0.4, 0.5) is 5.69 Å². The maximum absolute atomic E-state index is 12.5. The Morgan fingerprint density at radius 3 is 2.38 bits per heavy atom. The molecule has 0 aliphatic carbocycles. The number of sulfonamides is 2. The summed E-state index contributed by atoms with van der Waals surface area (Å²) < 4.78 is 49.2. The van der Waals surface area contributed by atoms with Gasteiger partial charge in [-0.3, -0.25) is 4.31 Å². The van der Waals surface area contributed by atoms with Crippen molar-refractivity contribution in [3.63, 3.8) is 0 Å². The van der Waals surface area contributed by atoms with Crippen LogP contribution in [0.5, 0.6) is 0 Å². The highest BCUT2D eigenvalue weighted by molar-refractivity contribution is 7.95. The molecule has 1 aliphatic heterocycles. The Morgan fingerprint density at radius 1 is 1.00 bits per heavy atom. The number of fused-ring (bicyclic) bond motifs is 1. The van der Waals surface area contributed by atoms with Gasteiger partial charge in [-0.1, -0.05) is 30.3 Å². The Labute approximate surface area is 141 Å². The standard InChI is InChI=1S/C16H16N2O4S2/c17-24(21,22)15-6-7-16-14(12-15)8-10-18(16)23(19,20)11-9-13-4-2-1-3-5-13/h1-7,9,11-12H,8,10H2,(H2,17,21,22)/b11-9+. The number of nitrogens with zero attached hydrogens (tertiary/aromatic N) is 1. The minimum absolute atomic E-state index is 0.0136. The summed E-state index contributed by atoms with van der Waals surface area (Å²) in [5.41, 5.74) is 1.92. The summed E-state index contributed by atoms with van der Waals surface area (Å²) in [4.78, 5) is -0.0136. The average Bonchev–Trinajstić information content (AvgIpc) is 2.97. The third kappa shape index (κ3) is 3.35. The first kappa shape index (κ1) is 16.7. The van der Waals surface area contributed by atoms with Crippen LogP contribution in [-0.4, -0.2) is 23.4 Å². The zero-order chi connectivity index (χ0) is 17.4. The highest BCUT2D eigenvalue weighted by Gasteiger charge is 2.28. The van der Waals surface area contributed by atoms with Gasteiger partial charge in [-0.05, 0) is 41.8 Å². The lowest BCUT2D eigenvalue weighted by atomic mass is 10.2. The van der Waals surface area contributed by atoms with Crippen molar-refractivity contribution in [3.8, 4) is 0 Å². The second-order valence-electron chi connectivity index (χ2n) is 5.42. The van der Waals surface area contributed by atoms with E-state index < -0.39 is 20.0 Å². The lowest BCUT2D eigenvalue weighted by molar-refractivity contribution is 0.597. The van der Waals surface area contributed by atoms with Crippen molar-refractivity contribution in [2.75, 3.05) is 10.8 Å². The maximum atomic E-state index is 12.5. The lowest BCUT2D eigenvalue weighted by Crippen LogP contribution is -2.26. The lowest BCUT2D eigenvalue weighted by Gasteiger charge is -2.17. The van der Waals surface area contributed by atoms with E-state index in [1.165, 1.54) is 28.6 Å². The van der Waals surface area contributed by atoms with Gasteiger partial charge in [0.2, 0.25) is 10.0 Å². The Kier molecular flexibility index (Phi) is 4.20. The molecular weight excluding hydrogens is 348 g/mol. The quantitative estimate of drug-likeness (QED) is 0.893. The molecule has 0 saturated carbocycles. The summed E-state index contributed by atoms with van der Waals surface area (Å²) in [5, 5.41) is 6.27. The summed E-state index contributed by atoms with van der Waals surface area (Å²) in [7, 11) is -7.45. The predicted molar refractivity (Wildman–Crippen MR) is 93.3 cm³/mol. The average molecular weight is 364 g/mol. The Bertz CT molecular complexity index is 998. The summed E-state index contributed by atoms with van der Waals surface area (Å²) in [6.45, 7) is 0.269. The molecule has 0 atom stereocenters. The fourth-order valence-electron chi connectivity index (χ4n) is 2.59. The first-order valence-electron chi connectivity index (χ1n) is 7.19. The van der Waals surface area contributed by atoms with Crippen molar-refractivity contribution in [1.29, 1.82) is 0 Å². The molecule has 1 aliphatic rings. The molecule has 8 heteroatoms. The van der Waals surface area contributed by atoms with E-state index in [9.17, 15) is 16.8 Å². The molecule has 2 aromatic rings. The van der Waals surface area contributed by atoms with Crippen LogP contribution in [0.3, 0.4) is 0 Å². The van der Waals surface area contributed by atoms with E-state index in [0.29, 0.717) is 17.7 Å². The minimum Gasteiger partial charge on any atom is -0.266 e. The topological polar surface area (TPSA) is 97.5 Å². The van der Waals surface area contributed by atoms with Crippen molar-refractivity contribution in [1.82, 2.24) is 0 Å². The predicted octanol–water partition coefficient (Wildman–Crippen LogP) is 1.70. The van der Waals surface area contributed by atoms with E-state index in [1.807, 2.05) is 30.3 Å². The smallest absolute Gasteiger partial charge is 0.257 e. The molecule has 0 unspecified atom stereocenters. The van der Waals surface area contributed by atoms with Crippen LogP contribution in [0, 0.1) is 0 Å². The second kappa shape index (κ2) is 6.04. The Balaban J connectivity index is 1.92. The number of nitrogens with two attached hydrogens (primary N) is 1. The highest BCUT2D eigenvalue weighted by Crippen LogP contribution is 2.32. The third-order valence-electron chi connectivity index (χ3n) is 3.77. The number of hydrogen-bond acceptors (Lipinski definition) is 4. The van der Waals surface area contributed by atoms with Gasteiger partial charge in [0.25, 0.3) is 10.0 Å². The molecular formula is C16H16N2O4S2. The van der Waals surface area contributed by atoms with Crippen molar-refractivity contribution in [3.05, 3.63) is 65.1 Å². The molecule has 0 fully saturated rings. The number of primary sulfonamides is 1. The monoisotopic (exact) mass is 364 g/mol. The Hall–Kier alpha value is -2.16. The van der Waals surface area contributed by atoms with E-state index in [4.69, 9.17) is 5.14 Å². The largest absolute Gasteiger partial charge is 0.266 e. The zero-order valence-corrected chi connectivity index (χ0v) is 14.3. The van der Waals surface area contributed by atoms with Crippen LogP contribution < -0.4 is 9.44 Å². The Morgan fingerprint density at radius 2 is 1.71 bits per heavy atom. The van der Waals surface area contributed by atoms with Crippen LogP contribution in [0.25, 0.3) is 6.08 Å². The first-order chi connectivity index (χ1) is 11.3. The van der Waals surface area contributed by atoms with Crippen LogP contribution in [0.15, 0.2) is 58.8 Å². The molecule has 2 aromatic carbocycles. The van der Waals surface area contributed by atoms with Gasteiger partial charge in [0.15, 0.2) is 0 Å². The molecule has 0 amide bonds. The fourth-order valence-corrected chi connectivity index (χ4v) is 4.43.